The van der Waals surface area contributed by atoms with Crippen molar-refractivity contribution in [2.45, 2.75) is 6.92 Å². The van der Waals surface area contributed by atoms with Crippen LogP contribution in [-0.4, -0.2) is 40.8 Å². The molecule has 0 amide bonds. The van der Waals surface area contributed by atoms with Gasteiger partial charge in [0.1, 0.15) is 0 Å². The number of carboxylic acids is 1. The van der Waals surface area contributed by atoms with Gasteiger partial charge in [-0.05, 0) is 13.0 Å². The van der Waals surface area contributed by atoms with E-state index in [2.05, 4.69) is 15.3 Å². The third kappa shape index (κ3) is 3.17. The molecule has 0 saturated carbocycles. The number of aromatic nitrogens is 2. The number of hydrogen-bond donors (Lipinski definition) is 2. The number of aromatic carboxylic acids is 1. The predicted octanol–water partition coefficient (Wildman–Crippen LogP) is 1.78. The van der Waals surface area contributed by atoms with Crippen LogP contribution < -0.4 is 5.32 Å². The predicted molar refractivity (Wildman–Crippen MR) is 71.5 cm³/mol. The second kappa shape index (κ2) is 6.10. The molecule has 0 fully saturated rings. The number of carbonyl (C=O) groups is 1. The van der Waals surface area contributed by atoms with E-state index in [0.29, 0.717) is 36.6 Å². The van der Waals surface area contributed by atoms with Gasteiger partial charge in [-0.15, -0.1) is 0 Å². The number of carboxylic acid groups (broad SMARTS) is 1. The SMILES string of the molecule is CCOCCNc1ncc2cccc(C(=O)O)c2n1. The van der Waals surface area contributed by atoms with Crippen LogP contribution in [0.4, 0.5) is 5.95 Å². The average molecular weight is 261 g/mol. The van der Waals surface area contributed by atoms with E-state index in [1.165, 1.54) is 6.07 Å². The summed E-state index contributed by atoms with van der Waals surface area (Å²) in [5, 5.41) is 12.8. The van der Waals surface area contributed by atoms with Crippen LogP contribution in [-0.2, 0) is 4.74 Å². The van der Waals surface area contributed by atoms with Gasteiger partial charge in [0, 0.05) is 24.7 Å². The van der Waals surface area contributed by atoms with E-state index >= 15 is 0 Å². The normalized spacial score (nSPS) is 10.6. The summed E-state index contributed by atoms with van der Waals surface area (Å²) in [6, 6.07) is 4.99. The molecule has 100 valence electrons. The van der Waals surface area contributed by atoms with E-state index in [1.54, 1.807) is 18.3 Å². The first-order valence-corrected chi connectivity index (χ1v) is 6.03. The summed E-state index contributed by atoms with van der Waals surface area (Å²) >= 11 is 0. The highest BCUT2D eigenvalue weighted by atomic mass is 16.5. The van der Waals surface area contributed by atoms with Crippen molar-refractivity contribution >= 4 is 22.8 Å². The molecule has 0 atom stereocenters. The lowest BCUT2D eigenvalue weighted by atomic mass is 10.1. The van der Waals surface area contributed by atoms with Crippen molar-refractivity contribution in [3.05, 3.63) is 30.0 Å². The number of nitrogens with one attached hydrogen (secondary N) is 1. The van der Waals surface area contributed by atoms with E-state index in [4.69, 9.17) is 9.84 Å². The Morgan fingerprint density at radius 2 is 2.32 bits per heavy atom. The standard InChI is InChI=1S/C13H15N3O3/c1-2-19-7-6-14-13-15-8-9-4-3-5-10(12(17)18)11(9)16-13/h3-5,8H,2,6-7H2,1H3,(H,17,18)(H,14,15,16). The number of anilines is 1. The zero-order chi connectivity index (χ0) is 13.7. The molecule has 0 aliphatic rings. The Morgan fingerprint density at radius 1 is 1.47 bits per heavy atom. The van der Waals surface area contributed by atoms with Crippen LogP contribution in [0.1, 0.15) is 17.3 Å². The van der Waals surface area contributed by atoms with Crippen LogP contribution in [0.15, 0.2) is 24.4 Å². The van der Waals surface area contributed by atoms with Crippen molar-refractivity contribution in [3.8, 4) is 0 Å². The van der Waals surface area contributed by atoms with Gasteiger partial charge < -0.3 is 15.2 Å². The maximum atomic E-state index is 11.1. The lowest BCUT2D eigenvalue weighted by molar-refractivity contribution is 0.0699. The van der Waals surface area contributed by atoms with E-state index in [0.717, 1.165) is 0 Å². The molecule has 6 heteroatoms. The van der Waals surface area contributed by atoms with Gasteiger partial charge in [-0.3, -0.25) is 0 Å². The zero-order valence-electron chi connectivity index (χ0n) is 10.6. The van der Waals surface area contributed by atoms with Crippen molar-refractivity contribution in [2.24, 2.45) is 0 Å². The molecule has 0 unspecified atom stereocenters. The molecule has 0 saturated heterocycles. The lowest BCUT2D eigenvalue weighted by Crippen LogP contribution is -2.11. The number of hydrogen-bond acceptors (Lipinski definition) is 5. The molecule has 1 aromatic heterocycles. The van der Waals surface area contributed by atoms with Crippen LogP contribution in [0.5, 0.6) is 0 Å². The second-order valence-electron chi connectivity index (χ2n) is 3.87. The Labute approximate surface area is 110 Å². The van der Waals surface area contributed by atoms with Crippen LogP contribution in [0, 0.1) is 0 Å². The fraction of sp³-hybridized carbons (Fsp3) is 0.308. The molecule has 0 spiro atoms. The molecule has 0 bridgehead atoms. The van der Waals surface area contributed by atoms with Crippen LogP contribution >= 0.6 is 0 Å². The minimum Gasteiger partial charge on any atom is -0.478 e. The zero-order valence-corrected chi connectivity index (χ0v) is 10.6. The minimum atomic E-state index is -0.996. The van der Waals surface area contributed by atoms with Gasteiger partial charge in [0.15, 0.2) is 0 Å². The Kier molecular flexibility index (Phi) is 4.25. The van der Waals surface area contributed by atoms with Crippen molar-refractivity contribution in [2.75, 3.05) is 25.1 Å². The molecular formula is C13H15N3O3. The van der Waals surface area contributed by atoms with Gasteiger partial charge in [0.25, 0.3) is 0 Å². The molecule has 6 nitrogen and oxygen atoms in total. The van der Waals surface area contributed by atoms with Gasteiger partial charge in [-0.2, -0.15) is 0 Å². The Balaban J connectivity index is 2.23. The van der Waals surface area contributed by atoms with E-state index in [9.17, 15) is 4.79 Å². The summed E-state index contributed by atoms with van der Waals surface area (Å²) in [4.78, 5) is 19.5. The van der Waals surface area contributed by atoms with Crippen molar-refractivity contribution in [1.82, 2.24) is 9.97 Å². The van der Waals surface area contributed by atoms with Gasteiger partial charge in [-0.1, -0.05) is 12.1 Å². The monoisotopic (exact) mass is 261 g/mol. The minimum absolute atomic E-state index is 0.174. The summed E-state index contributed by atoms with van der Waals surface area (Å²) in [7, 11) is 0. The quantitative estimate of drug-likeness (QED) is 0.771. The van der Waals surface area contributed by atoms with Gasteiger partial charge in [0.2, 0.25) is 5.95 Å². The highest BCUT2D eigenvalue weighted by Gasteiger charge is 2.10. The molecule has 19 heavy (non-hydrogen) atoms. The molecule has 0 aliphatic heterocycles. The number of nitrogens with zero attached hydrogens (tertiary/aromatic N) is 2. The third-order valence-electron chi connectivity index (χ3n) is 2.57. The number of rotatable bonds is 6. The molecule has 1 heterocycles. The topological polar surface area (TPSA) is 84.3 Å². The Bertz CT molecular complexity index is 586. The summed E-state index contributed by atoms with van der Waals surface area (Å²) in [5.41, 5.74) is 0.608. The van der Waals surface area contributed by atoms with Gasteiger partial charge in [-0.25, -0.2) is 14.8 Å². The number of para-hydroxylation sites is 1. The molecule has 2 aromatic rings. The second-order valence-corrected chi connectivity index (χ2v) is 3.87. The van der Waals surface area contributed by atoms with E-state index in [-0.39, 0.29) is 5.56 Å². The third-order valence-corrected chi connectivity index (χ3v) is 2.57. The number of ether oxygens (including phenoxy) is 1. The summed E-state index contributed by atoms with van der Waals surface area (Å²) in [6.45, 7) is 3.71. The first-order valence-electron chi connectivity index (χ1n) is 6.03. The van der Waals surface area contributed by atoms with E-state index in [1.807, 2.05) is 6.92 Å². The maximum Gasteiger partial charge on any atom is 0.337 e. The molecule has 0 radical (unpaired) electrons. The summed E-state index contributed by atoms with van der Waals surface area (Å²) in [5.74, 6) is -0.592. The fourth-order valence-corrected chi connectivity index (χ4v) is 1.69. The fourth-order valence-electron chi connectivity index (χ4n) is 1.69. The molecule has 1 aromatic carbocycles. The van der Waals surface area contributed by atoms with E-state index < -0.39 is 5.97 Å². The van der Waals surface area contributed by atoms with Crippen molar-refractivity contribution in [3.63, 3.8) is 0 Å². The first-order chi connectivity index (χ1) is 9.22. The molecule has 2 N–H and O–H groups in total. The highest BCUT2D eigenvalue weighted by molar-refractivity contribution is 6.01. The number of benzene rings is 1. The van der Waals surface area contributed by atoms with Gasteiger partial charge in [0.05, 0.1) is 17.7 Å². The highest BCUT2D eigenvalue weighted by Crippen LogP contribution is 2.17. The van der Waals surface area contributed by atoms with Crippen LogP contribution in [0.3, 0.4) is 0 Å². The maximum absolute atomic E-state index is 11.1. The smallest absolute Gasteiger partial charge is 0.337 e. The first kappa shape index (κ1) is 13.2. The molecular weight excluding hydrogens is 246 g/mol. The van der Waals surface area contributed by atoms with Crippen LogP contribution in [0.2, 0.25) is 0 Å². The Hall–Kier alpha value is -2.21. The number of fused-ring (bicyclic) bond motifs is 1. The summed E-state index contributed by atoms with van der Waals surface area (Å²) in [6.07, 6.45) is 1.61. The van der Waals surface area contributed by atoms with Crippen molar-refractivity contribution < 1.29 is 14.6 Å². The summed E-state index contributed by atoms with van der Waals surface area (Å²) < 4.78 is 5.19. The Morgan fingerprint density at radius 3 is 3.05 bits per heavy atom. The van der Waals surface area contributed by atoms with Crippen molar-refractivity contribution in [1.29, 1.82) is 0 Å². The molecule has 2 rings (SSSR count). The lowest BCUT2D eigenvalue weighted by Gasteiger charge is -2.06. The van der Waals surface area contributed by atoms with Crippen LogP contribution in [0.25, 0.3) is 10.9 Å². The average Bonchev–Trinajstić information content (AvgIpc) is 2.42. The van der Waals surface area contributed by atoms with Gasteiger partial charge >= 0.3 is 5.97 Å². The largest absolute Gasteiger partial charge is 0.478 e. The molecule has 0 aliphatic carbocycles.